The minimum absolute atomic E-state index is 0.107. The first kappa shape index (κ1) is 21.9. The summed E-state index contributed by atoms with van der Waals surface area (Å²) in [6, 6.07) is 15.4. The molecule has 0 aliphatic rings. The number of nitro groups is 1. The van der Waals surface area contributed by atoms with E-state index in [0.717, 1.165) is 16.3 Å². The van der Waals surface area contributed by atoms with Gasteiger partial charge in [-0.1, -0.05) is 35.6 Å². The van der Waals surface area contributed by atoms with Crippen molar-refractivity contribution in [3.8, 4) is 0 Å². The molecule has 0 unspecified atom stereocenters. The SMILES string of the molecule is O=C(/C=C/c1cccc([N+](=O)[O-])c1)N(/N=C/c1ccc(F)cc1)c1nc2ccc(F)cc2s1. The lowest BCUT2D eigenvalue weighted by Crippen LogP contribution is -2.23. The van der Waals surface area contributed by atoms with Crippen LogP contribution in [0.2, 0.25) is 0 Å². The summed E-state index contributed by atoms with van der Waals surface area (Å²) in [5.74, 6) is -1.43. The van der Waals surface area contributed by atoms with Gasteiger partial charge in [0.1, 0.15) is 11.6 Å². The molecule has 0 aliphatic carbocycles. The molecule has 10 heteroatoms. The Labute approximate surface area is 190 Å². The summed E-state index contributed by atoms with van der Waals surface area (Å²) in [7, 11) is 0. The van der Waals surface area contributed by atoms with Crippen molar-refractivity contribution >= 4 is 50.6 Å². The van der Waals surface area contributed by atoms with E-state index in [4.69, 9.17) is 0 Å². The smallest absolute Gasteiger partial charge is 0.267 e. The highest BCUT2D eigenvalue weighted by Crippen LogP contribution is 2.30. The third-order valence-electron chi connectivity index (χ3n) is 4.42. The van der Waals surface area contributed by atoms with Crippen molar-refractivity contribution < 1.29 is 18.5 Å². The average molecular weight is 464 g/mol. The predicted molar refractivity (Wildman–Crippen MR) is 123 cm³/mol. The van der Waals surface area contributed by atoms with Crippen molar-refractivity contribution in [2.24, 2.45) is 5.10 Å². The normalized spacial score (nSPS) is 11.5. The Morgan fingerprint density at radius 1 is 1.03 bits per heavy atom. The first-order chi connectivity index (χ1) is 15.9. The molecule has 0 spiro atoms. The zero-order chi connectivity index (χ0) is 23.4. The topological polar surface area (TPSA) is 88.7 Å². The molecule has 7 nitrogen and oxygen atoms in total. The lowest BCUT2D eigenvalue weighted by Gasteiger charge is -2.11. The summed E-state index contributed by atoms with van der Waals surface area (Å²) in [6.45, 7) is 0. The van der Waals surface area contributed by atoms with E-state index in [1.54, 1.807) is 6.07 Å². The number of hydrogen-bond acceptors (Lipinski definition) is 6. The van der Waals surface area contributed by atoms with Crippen molar-refractivity contribution in [3.05, 3.63) is 106 Å². The van der Waals surface area contributed by atoms with Gasteiger partial charge in [0.25, 0.3) is 11.6 Å². The van der Waals surface area contributed by atoms with Gasteiger partial charge in [-0.15, -0.1) is 0 Å². The second-order valence-electron chi connectivity index (χ2n) is 6.74. The first-order valence-electron chi connectivity index (χ1n) is 9.51. The summed E-state index contributed by atoms with van der Waals surface area (Å²) in [6.07, 6.45) is 3.99. The Morgan fingerprint density at radius 3 is 2.55 bits per heavy atom. The number of rotatable bonds is 6. The fraction of sp³-hybridized carbons (Fsp3) is 0. The molecule has 0 fully saturated rings. The summed E-state index contributed by atoms with van der Waals surface area (Å²) < 4.78 is 27.3. The van der Waals surface area contributed by atoms with E-state index < -0.39 is 22.5 Å². The number of carbonyl (C=O) groups is 1. The van der Waals surface area contributed by atoms with Crippen LogP contribution in [0.3, 0.4) is 0 Å². The van der Waals surface area contributed by atoms with Gasteiger partial charge in [-0.3, -0.25) is 14.9 Å². The number of carbonyl (C=O) groups excluding carboxylic acids is 1. The summed E-state index contributed by atoms with van der Waals surface area (Å²) in [4.78, 5) is 27.8. The molecule has 0 saturated carbocycles. The van der Waals surface area contributed by atoms with Crippen molar-refractivity contribution in [1.82, 2.24) is 4.98 Å². The molecule has 0 saturated heterocycles. The fourth-order valence-corrected chi connectivity index (χ4v) is 3.78. The minimum atomic E-state index is -0.584. The van der Waals surface area contributed by atoms with Gasteiger partial charge in [0.05, 0.1) is 21.4 Å². The van der Waals surface area contributed by atoms with E-state index in [0.29, 0.717) is 21.3 Å². The Hall–Kier alpha value is -4.31. The second kappa shape index (κ2) is 9.45. The number of anilines is 1. The number of hydrazone groups is 1. The molecule has 4 rings (SSSR count). The van der Waals surface area contributed by atoms with Crippen molar-refractivity contribution in [2.45, 2.75) is 0 Å². The number of thiazole rings is 1. The number of amides is 1. The van der Waals surface area contributed by atoms with Gasteiger partial charge >= 0.3 is 0 Å². The molecule has 33 heavy (non-hydrogen) atoms. The third-order valence-corrected chi connectivity index (χ3v) is 5.41. The Kier molecular flexibility index (Phi) is 6.27. The maximum absolute atomic E-state index is 13.6. The summed E-state index contributed by atoms with van der Waals surface area (Å²) in [5, 5.41) is 16.4. The Bertz CT molecular complexity index is 1400. The summed E-state index contributed by atoms with van der Waals surface area (Å²) in [5.41, 5.74) is 1.38. The van der Waals surface area contributed by atoms with Crippen LogP contribution < -0.4 is 5.01 Å². The van der Waals surface area contributed by atoms with Crippen molar-refractivity contribution in [3.63, 3.8) is 0 Å². The number of hydrogen-bond donors (Lipinski definition) is 0. The van der Waals surface area contributed by atoms with Crippen LogP contribution in [0.5, 0.6) is 0 Å². The van der Waals surface area contributed by atoms with Gasteiger partial charge < -0.3 is 0 Å². The molecule has 3 aromatic carbocycles. The van der Waals surface area contributed by atoms with Crippen LogP contribution in [0.1, 0.15) is 11.1 Å². The minimum Gasteiger partial charge on any atom is -0.267 e. The fourth-order valence-electron chi connectivity index (χ4n) is 2.83. The molecule has 0 radical (unpaired) electrons. The second-order valence-corrected chi connectivity index (χ2v) is 7.75. The number of halogens is 2. The van der Waals surface area contributed by atoms with Gasteiger partial charge in [-0.25, -0.2) is 13.8 Å². The van der Waals surface area contributed by atoms with Crippen LogP contribution >= 0.6 is 11.3 Å². The van der Waals surface area contributed by atoms with Gasteiger partial charge in [0.15, 0.2) is 0 Å². The number of nitrogens with zero attached hydrogens (tertiary/aromatic N) is 4. The monoisotopic (exact) mass is 464 g/mol. The number of nitro benzene ring substituents is 1. The number of non-ortho nitro benzene ring substituents is 1. The predicted octanol–water partition coefficient (Wildman–Crippen LogP) is 5.56. The van der Waals surface area contributed by atoms with Crippen LogP contribution in [0.25, 0.3) is 16.3 Å². The summed E-state index contributed by atoms with van der Waals surface area (Å²) >= 11 is 1.07. The van der Waals surface area contributed by atoms with Gasteiger partial charge in [0.2, 0.25) is 5.13 Å². The molecule has 0 N–H and O–H groups in total. The lowest BCUT2D eigenvalue weighted by molar-refractivity contribution is -0.384. The lowest BCUT2D eigenvalue weighted by atomic mass is 10.2. The average Bonchev–Trinajstić information content (AvgIpc) is 3.22. The van der Waals surface area contributed by atoms with E-state index in [9.17, 15) is 23.7 Å². The molecule has 0 atom stereocenters. The highest BCUT2D eigenvalue weighted by molar-refractivity contribution is 7.22. The Morgan fingerprint density at radius 2 is 1.79 bits per heavy atom. The maximum atomic E-state index is 13.6. The van der Waals surface area contributed by atoms with Crippen LogP contribution in [-0.2, 0) is 4.79 Å². The number of fused-ring (bicyclic) bond motifs is 1. The number of benzene rings is 3. The van der Waals surface area contributed by atoms with Crippen molar-refractivity contribution in [2.75, 3.05) is 5.01 Å². The first-order valence-corrected chi connectivity index (χ1v) is 10.3. The molecule has 4 aromatic rings. The van der Waals surface area contributed by atoms with Gasteiger partial charge in [0, 0.05) is 18.2 Å². The van der Waals surface area contributed by atoms with Crippen LogP contribution in [0.15, 0.2) is 77.9 Å². The van der Waals surface area contributed by atoms with E-state index in [-0.39, 0.29) is 10.8 Å². The Balaban J connectivity index is 1.67. The molecule has 1 heterocycles. The zero-order valence-corrected chi connectivity index (χ0v) is 17.6. The molecule has 0 bridgehead atoms. The molecule has 164 valence electrons. The van der Waals surface area contributed by atoms with Crippen LogP contribution in [0.4, 0.5) is 19.6 Å². The zero-order valence-electron chi connectivity index (χ0n) is 16.8. The van der Waals surface area contributed by atoms with Gasteiger partial charge in [-0.2, -0.15) is 10.1 Å². The van der Waals surface area contributed by atoms with Crippen LogP contribution in [-0.4, -0.2) is 22.0 Å². The highest BCUT2D eigenvalue weighted by Gasteiger charge is 2.18. The largest absolute Gasteiger partial charge is 0.273 e. The quantitative estimate of drug-likeness (QED) is 0.162. The highest BCUT2D eigenvalue weighted by atomic mass is 32.1. The molecule has 0 aliphatic heterocycles. The molecular formula is C23H14F2N4O3S. The van der Waals surface area contributed by atoms with E-state index in [1.165, 1.54) is 79.0 Å². The third kappa shape index (κ3) is 5.31. The van der Waals surface area contributed by atoms with Gasteiger partial charge in [-0.05, 0) is 47.5 Å². The van der Waals surface area contributed by atoms with E-state index >= 15 is 0 Å². The van der Waals surface area contributed by atoms with Crippen molar-refractivity contribution in [1.29, 1.82) is 0 Å². The standard InChI is InChI=1S/C23H14F2N4O3S/c24-17-7-4-16(5-8-17)14-26-28(23-27-20-10-9-18(25)13-21(20)33-23)22(30)11-6-15-2-1-3-19(12-15)29(31)32/h1-14H/b11-6+,26-14+. The molecular weight excluding hydrogens is 450 g/mol. The van der Waals surface area contributed by atoms with Crippen LogP contribution in [0, 0.1) is 21.7 Å². The van der Waals surface area contributed by atoms with E-state index in [1.807, 2.05) is 0 Å². The molecule has 1 aromatic heterocycles. The number of aromatic nitrogens is 1. The molecule has 1 amide bonds. The maximum Gasteiger partial charge on any atom is 0.273 e. The van der Waals surface area contributed by atoms with E-state index in [2.05, 4.69) is 10.1 Å².